The fourth-order valence-electron chi connectivity index (χ4n) is 2.03. The van der Waals surface area contributed by atoms with Crippen LogP contribution in [0.5, 0.6) is 11.5 Å². The molecule has 0 bridgehead atoms. The van der Waals surface area contributed by atoms with Crippen LogP contribution in [0.3, 0.4) is 0 Å². The first-order valence-corrected chi connectivity index (χ1v) is 7.34. The van der Waals surface area contributed by atoms with Crippen LogP contribution in [-0.2, 0) is 0 Å². The normalized spacial score (nSPS) is 10.4. The fourth-order valence-corrected chi connectivity index (χ4v) is 2.68. The first-order valence-electron chi connectivity index (χ1n) is 5.75. The molecule has 2 aromatic carbocycles. The Hall–Kier alpha value is -1.00. The van der Waals surface area contributed by atoms with Crippen molar-refractivity contribution < 1.29 is 9.47 Å². The van der Waals surface area contributed by atoms with E-state index < -0.39 is 0 Å². The van der Waals surface area contributed by atoms with Gasteiger partial charge in [0.25, 0.3) is 0 Å². The Morgan fingerprint density at radius 2 is 1.58 bits per heavy atom. The summed E-state index contributed by atoms with van der Waals surface area (Å²) in [6.45, 7) is 2.03. The number of methoxy groups -OCH3 is 2. The predicted molar refractivity (Wildman–Crippen MR) is 85.1 cm³/mol. The molecule has 0 atom stereocenters. The van der Waals surface area contributed by atoms with Crippen LogP contribution in [0.1, 0.15) is 5.56 Å². The number of hydrogen-bond donors (Lipinski definition) is 0. The zero-order valence-corrected chi connectivity index (χ0v) is 14.1. The molecule has 0 aliphatic carbocycles. The van der Waals surface area contributed by atoms with Crippen molar-refractivity contribution in [3.63, 3.8) is 0 Å². The molecular formula is C15H14Br2O2. The monoisotopic (exact) mass is 384 g/mol. The van der Waals surface area contributed by atoms with E-state index in [0.717, 1.165) is 37.1 Å². The average molecular weight is 386 g/mol. The number of ether oxygens (including phenoxy) is 2. The zero-order chi connectivity index (χ0) is 14.0. The molecule has 2 rings (SSSR count). The van der Waals surface area contributed by atoms with E-state index in [2.05, 4.69) is 31.9 Å². The molecular weight excluding hydrogens is 372 g/mol. The van der Waals surface area contributed by atoms with Gasteiger partial charge in [-0.25, -0.2) is 0 Å². The minimum atomic E-state index is 0.814. The van der Waals surface area contributed by atoms with E-state index in [9.17, 15) is 0 Å². The van der Waals surface area contributed by atoms with Crippen LogP contribution in [0.2, 0.25) is 0 Å². The second-order valence-corrected chi connectivity index (χ2v) is 5.87. The van der Waals surface area contributed by atoms with Crippen molar-refractivity contribution in [1.82, 2.24) is 0 Å². The smallest absolute Gasteiger partial charge is 0.130 e. The molecule has 19 heavy (non-hydrogen) atoms. The van der Waals surface area contributed by atoms with Gasteiger partial charge in [-0.05, 0) is 37.3 Å². The van der Waals surface area contributed by atoms with Crippen LogP contribution in [-0.4, -0.2) is 14.2 Å². The third-order valence-corrected chi connectivity index (χ3v) is 4.35. The number of halogens is 2. The lowest BCUT2D eigenvalue weighted by atomic mass is 10.0. The molecule has 0 aromatic heterocycles. The van der Waals surface area contributed by atoms with Gasteiger partial charge in [-0.15, -0.1) is 0 Å². The average Bonchev–Trinajstić information content (AvgIpc) is 2.41. The van der Waals surface area contributed by atoms with E-state index in [1.165, 1.54) is 0 Å². The van der Waals surface area contributed by atoms with Crippen molar-refractivity contribution in [2.75, 3.05) is 14.2 Å². The van der Waals surface area contributed by atoms with Gasteiger partial charge in [0.2, 0.25) is 0 Å². The minimum absolute atomic E-state index is 0.814. The van der Waals surface area contributed by atoms with Gasteiger partial charge in [-0.3, -0.25) is 0 Å². The summed E-state index contributed by atoms with van der Waals surface area (Å²) < 4.78 is 13.0. The van der Waals surface area contributed by atoms with Crippen molar-refractivity contribution >= 4 is 31.9 Å². The topological polar surface area (TPSA) is 18.5 Å². The van der Waals surface area contributed by atoms with E-state index in [4.69, 9.17) is 9.47 Å². The van der Waals surface area contributed by atoms with Crippen LogP contribution in [0.25, 0.3) is 11.1 Å². The molecule has 0 spiro atoms. The van der Waals surface area contributed by atoms with Gasteiger partial charge in [0.15, 0.2) is 0 Å². The molecule has 2 nitrogen and oxygen atoms in total. The molecule has 4 heteroatoms. The maximum absolute atomic E-state index is 5.54. The van der Waals surface area contributed by atoms with E-state index in [-0.39, 0.29) is 0 Å². The van der Waals surface area contributed by atoms with Crippen molar-refractivity contribution in [2.45, 2.75) is 6.92 Å². The summed E-state index contributed by atoms with van der Waals surface area (Å²) in [7, 11) is 3.35. The minimum Gasteiger partial charge on any atom is -0.496 e. The van der Waals surface area contributed by atoms with Crippen molar-refractivity contribution in [2.24, 2.45) is 0 Å². The van der Waals surface area contributed by atoms with Gasteiger partial charge in [0.05, 0.1) is 14.2 Å². The standard InChI is InChI=1S/C15H14Br2O2/c1-9-13(17)7-6-12(15(9)19-3)11-5-4-10(16)8-14(11)18-2/h4-8H,1-3H3. The van der Waals surface area contributed by atoms with E-state index in [1.807, 2.05) is 37.3 Å². The van der Waals surface area contributed by atoms with Crippen molar-refractivity contribution in [3.8, 4) is 22.6 Å². The summed E-state index contributed by atoms with van der Waals surface area (Å²) in [5.74, 6) is 1.67. The Morgan fingerprint density at radius 3 is 2.21 bits per heavy atom. The summed E-state index contributed by atoms with van der Waals surface area (Å²) in [5, 5.41) is 0. The Balaban J connectivity index is 2.68. The number of benzene rings is 2. The first-order chi connectivity index (χ1) is 9.08. The van der Waals surface area contributed by atoms with E-state index in [1.54, 1.807) is 14.2 Å². The molecule has 0 heterocycles. The van der Waals surface area contributed by atoms with Crippen LogP contribution >= 0.6 is 31.9 Å². The summed E-state index contributed by atoms with van der Waals surface area (Å²) in [4.78, 5) is 0. The van der Waals surface area contributed by atoms with Gasteiger partial charge in [-0.1, -0.05) is 31.9 Å². The van der Waals surface area contributed by atoms with Gasteiger partial charge >= 0.3 is 0 Å². The molecule has 100 valence electrons. The molecule has 0 fully saturated rings. The summed E-state index contributed by atoms with van der Waals surface area (Å²) in [6, 6.07) is 10.0. The second-order valence-electron chi connectivity index (χ2n) is 4.10. The van der Waals surface area contributed by atoms with Crippen LogP contribution in [0, 0.1) is 6.92 Å². The highest BCUT2D eigenvalue weighted by atomic mass is 79.9. The first kappa shape index (κ1) is 14.4. The lowest BCUT2D eigenvalue weighted by Crippen LogP contribution is -1.94. The fraction of sp³-hybridized carbons (Fsp3) is 0.200. The summed E-state index contributed by atoms with van der Waals surface area (Å²) in [5.41, 5.74) is 3.11. The van der Waals surface area contributed by atoms with Gasteiger partial charge < -0.3 is 9.47 Å². The quantitative estimate of drug-likeness (QED) is 0.722. The Kier molecular flexibility index (Phi) is 4.53. The highest BCUT2D eigenvalue weighted by Crippen LogP contribution is 2.41. The molecule has 0 amide bonds. The Bertz CT molecular complexity index is 609. The molecule has 0 unspecified atom stereocenters. The molecule has 0 N–H and O–H groups in total. The Morgan fingerprint density at radius 1 is 0.895 bits per heavy atom. The van der Waals surface area contributed by atoms with Gasteiger partial charge in [-0.2, -0.15) is 0 Å². The second kappa shape index (κ2) is 5.97. The highest BCUT2D eigenvalue weighted by molar-refractivity contribution is 9.10. The molecule has 0 aliphatic rings. The van der Waals surface area contributed by atoms with Crippen LogP contribution in [0.4, 0.5) is 0 Å². The van der Waals surface area contributed by atoms with Gasteiger partial charge in [0.1, 0.15) is 11.5 Å². The molecule has 0 aliphatic heterocycles. The van der Waals surface area contributed by atoms with E-state index >= 15 is 0 Å². The van der Waals surface area contributed by atoms with Gasteiger partial charge in [0, 0.05) is 25.6 Å². The molecule has 0 saturated carbocycles. The predicted octanol–water partition coefficient (Wildman–Crippen LogP) is 5.20. The maximum Gasteiger partial charge on any atom is 0.130 e. The lowest BCUT2D eigenvalue weighted by molar-refractivity contribution is 0.408. The van der Waals surface area contributed by atoms with Crippen LogP contribution in [0.15, 0.2) is 39.3 Å². The largest absolute Gasteiger partial charge is 0.496 e. The van der Waals surface area contributed by atoms with E-state index in [0.29, 0.717) is 0 Å². The number of hydrogen-bond acceptors (Lipinski definition) is 2. The molecule has 2 aromatic rings. The summed E-state index contributed by atoms with van der Waals surface area (Å²) in [6.07, 6.45) is 0. The molecule has 0 radical (unpaired) electrons. The Labute approximate surface area is 130 Å². The maximum atomic E-state index is 5.54. The van der Waals surface area contributed by atoms with Crippen LogP contribution < -0.4 is 9.47 Å². The lowest BCUT2D eigenvalue weighted by Gasteiger charge is -2.15. The third kappa shape index (κ3) is 2.79. The van der Waals surface area contributed by atoms with Crippen molar-refractivity contribution in [3.05, 3.63) is 44.8 Å². The SMILES string of the molecule is COc1cc(Br)ccc1-c1ccc(Br)c(C)c1OC. The zero-order valence-electron chi connectivity index (χ0n) is 11.0. The van der Waals surface area contributed by atoms with Crippen molar-refractivity contribution in [1.29, 1.82) is 0 Å². The number of rotatable bonds is 3. The molecule has 0 saturated heterocycles. The summed E-state index contributed by atoms with van der Waals surface area (Å²) >= 11 is 6.97. The third-order valence-electron chi connectivity index (χ3n) is 3.00. The highest BCUT2D eigenvalue weighted by Gasteiger charge is 2.14.